The molecule has 0 saturated heterocycles. The van der Waals surface area contributed by atoms with E-state index >= 15 is 0 Å². The van der Waals surface area contributed by atoms with Crippen molar-refractivity contribution < 1.29 is 9.53 Å². The Morgan fingerprint density at radius 2 is 2.19 bits per heavy atom. The molecule has 6 nitrogen and oxygen atoms in total. The van der Waals surface area contributed by atoms with Crippen LogP contribution in [0.2, 0.25) is 0 Å². The van der Waals surface area contributed by atoms with Gasteiger partial charge in [0.2, 0.25) is 0 Å². The van der Waals surface area contributed by atoms with E-state index < -0.39 is 0 Å². The van der Waals surface area contributed by atoms with Crippen molar-refractivity contribution in [3.63, 3.8) is 0 Å². The van der Waals surface area contributed by atoms with Crippen molar-refractivity contribution in [2.24, 2.45) is 0 Å². The van der Waals surface area contributed by atoms with Gasteiger partial charge in [0, 0.05) is 6.54 Å². The average Bonchev–Trinajstić information content (AvgIpc) is 2.27. The van der Waals surface area contributed by atoms with Crippen LogP contribution in [0.25, 0.3) is 0 Å². The molecule has 0 aliphatic heterocycles. The van der Waals surface area contributed by atoms with Crippen molar-refractivity contribution in [2.75, 3.05) is 30.3 Å². The second-order valence-corrected chi connectivity index (χ2v) is 3.14. The molecular weight excluding hydrogens is 208 g/mol. The number of carbonyl (C=O) groups excluding carboxylic acids is 1. The van der Waals surface area contributed by atoms with E-state index in [1.807, 2.05) is 6.92 Å². The first-order chi connectivity index (χ1) is 7.67. The van der Waals surface area contributed by atoms with E-state index in [0.29, 0.717) is 24.8 Å². The fraction of sp³-hybridized carbons (Fsp3) is 0.500. The van der Waals surface area contributed by atoms with E-state index in [-0.39, 0.29) is 12.5 Å². The van der Waals surface area contributed by atoms with Gasteiger partial charge >= 0.3 is 5.97 Å². The van der Waals surface area contributed by atoms with Gasteiger partial charge in [-0.2, -0.15) is 0 Å². The van der Waals surface area contributed by atoms with Gasteiger partial charge in [-0.05, 0) is 26.0 Å². The predicted molar refractivity (Wildman–Crippen MR) is 61.0 cm³/mol. The number of anilines is 2. The molecule has 0 saturated carbocycles. The molecule has 0 aliphatic carbocycles. The van der Waals surface area contributed by atoms with Gasteiger partial charge < -0.3 is 15.4 Å². The highest BCUT2D eigenvalue weighted by Crippen LogP contribution is 2.09. The maximum Gasteiger partial charge on any atom is 0.325 e. The number of esters is 1. The van der Waals surface area contributed by atoms with E-state index in [1.165, 1.54) is 0 Å². The van der Waals surface area contributed by atoms with E-state index in [1.54, 1.807) is 24.0 Å². The van der Waals surface area contributed by atoms with Gasteiger partial charge in [0.1, 0.15) is 12.4 Å². The molecule has 1 aromatic heterocycles. The van der Waals surface area contributed by atoms with Gasteiger partial charge in [0.15, 0.2) is 5.82 Å². The number of ether oxygens (including phenoxy) is 1. The number of aromatic nitrogens is 2. The van der Waals surface area contributed by atoms with Gasteiger partial charge in [-0.25, -0.2) is 0 Å². The third kappa shape index (κ3) is 3.38. The van der Waals surface area contributed by atoms with Gasteiger partial charge in [0.25, 0.3) is 0 Å². The Morgan fingerprint density at radius 3 is 2.69 bits per heavy atom. The van der Waals surface area contributed by atoms with E-state index in [4.69, 9.17) is 10.5 Å². The van der Waals surface area contributed by atoms with E-state index in [0.717, 1.165) is 0 Å². The lowest BCUT2D eigenvalue weighted by Gasteiger charge is -2.19. The van der Waals surface area contributed by atoms with Crippen molar-refractivity contribution in [2.45, 2.75) is 13.8 Å². The summed E-state index contributed by atoms with van der Waals surface area (Å²) in [6.45, 7) is 4.90. The smallest absolute Gasteiger partial charge is 0.325 e. The van der Waals surface area contributed by atoms with Crippen LogP contribution in [-0.4, -0.2) is 35.9 Å². The van der Waals surface area contributed by atoms with Crippen LogP contribution in [0.15, 0.2) is 12.1 Å². The Kier molecular flexibility index (Phi) is 4.50. The maximum atomic E-state index is 11.3. The highest BCUT2D eigenvalue weighted by atomic mass is 16.5. The van der Waals surface area contributed by atoms with Crippen molar-refractivity contribution in [1.29, 1.82) is 0 Å². The molecule has 1 rings (SSSR count). The molecule has 0 aliphatic rings. The quantitative estimate of drug-likeness (QED) is 0.731. The molecule has 16 heavy (non-hydrogen) atoms. The van der Waals surface area contributed by atoms with Crippen LogP contribution in [0, 0.1) is 0 Å². The number of nitrogens with two attached hydrogens (primary N) is 1. The Morgan fingerprint density at radius 1 is 1.44 bits per heavy atom. The Labute approximate surface area is 94.4 Å². The average molecular weight is 224 g/mol. The monoisotopic (exact) mass is 224 g/mol. The molecule has 0 aromatic carbocycles. The first-order valence-electron chi connectivity index (χ1n) is 5.17. The zero-order valence-corrected chi connectivity index (χ0v) is 9.51. The van der Waals surface area contributed by atoms with Gasteiger partial charge in [-0.1, -0.05) is 0 Å². The highest BCUT2D eigenvalue weighted by Gasteiger charge is 2.11. The lowest BCUT2D eigenvalue weighted by atomic mass is 10.4. The first-order valence-corrected chi connectivity index (χ1v) is 5.17. The number of nitrogen functional groups attached to an aromatic ring is 1. The number of rotatable bonds is 5. The van der Waals surface area contributed by atoms with Crippen LogP contribution in [0.3, 0.4) is 0 Å². The number of hydrogen-bond donors (Lipinski definition) is 1. The molecule has 0 spiro atoms. The molecule has 0 bridgehead atoms. The summed E-state index contributed by atoms with van der Waals surface area (Å²) in [5.74, 6) is 0.698. The van der Waals surface area contributed by atoms with Crippen LogP contribution >= 0.6 is 0 Å². The molecule has 1 aromatic rings. The summed E-state index contributed by atoms with van der Waals surface area (Å²) in [5, 5.41) is 7.64. The van der Waals surface area contributed by atoms with Crippen LogP contribution in [0.1, 0.15) is 13.8 Å². The third-order valence-electron chi connectivity index (χ3n) is 2.00. The highest BCUT2D eigenvalue weighted by molar-refractivity contribution is 5.75. The molecular formula is C10H16N4O2. The first kappa shape index (κ1) is 12.2. The molecule has 0 atom stereocenters. The number of likely N-dealkylation sites (N-methyl/N-ethyl adjacent to an activating group) is 1. The normalized spacial score (nSPS) is 9.88. The summed E-state index contributed by atoms with van der Waals surface area (Å²) >= 11 is 0. The minimum atomic E-state index is -0.275. The summed E-state index contributed by atoms with van der Waals surface area (Å²) in [5.41, 5.74) is 5.43. The van der Waals surface area contributed by atoms with Crippen molar-refractivity contribution in [1.82, 2.24) is 10.2 Å². The lowest BCUT2D eigenvalue weighted by molar-refractivity contribution is -0.141. The molecule has 88 valence electrons. The summed E-state index contributed by atoms with van der Waals surface area (Å²) < 4.78 is 4.87. The number of carbonyl (C=O) groups is 1. The topological polar surface area (TPSA) is 81.3 Å². The van der Waals surface area contributed by atoms with Gasteiger partial charge in [-0.15, -0.1) is 10.2 Å². The third-order valence-corrected chi connectivity index (χ3v) is 2.00. The fourth-order valence-electron chi connectivity index (χ4n) is 1.22. The fourth-order valence-corrected chi connectivity index (χ4v) is 1.22. The number of hydrogen-bond acceptors (Lipinski definition) is 6. The molecule has 0 radical (unpaired) electrons. The van der Waals surface area contributed by atoms with Crippen LogP contribution in [-0.2, 0) is 9.53 Å². The van der Waals surface area contributed by atoms with Gasteiger partial charge in [-0.3, -0.25) is 4.79 Å². The molecule has 6 heteroatoms. The van der Waals surface area contributed by atoms with Crippen LogP contribution in [0.5, 0.6) is 0 Å². The zero-order valence-electron chi connectivity index (χ0n) is 9.51. The summed E-state index contributed by atoms with van der Waals surface area (Å²) in [6, 6.07) is 3.38. The van der Waals surface area contributed by atoms with Crippen molar-refractivity contribution in [3.8, 4) is 0 Å². The largest absolute Gasteiger partial charge is 0.465 e. The minimum absolute atomic E-state index is 0.170. The molecule has 0 amide bonds. The van der Waals surface area contributed by atoms with Crippen LogP contribution < -0.4 is 10.6 Å². The van der Waals surface area contributed by atoms with Crippen LogP contribution in [0.4, 0.5) is 11.6 Å². The summed E-state index contributed by atoms with van der Waals surface area (Å²) in [6.07, 6.45) is 0. The lowest BCUT2D eigenvalue weighted by Crippen LogP contribution is -2.31. The predicted octanol–water partition coefficient (Wildman–Crippen LogP) is 0.448. The summed E-state index contributed by atoms with van der Waals surface area (Å²) in [4.78, 5) is 13.1. The standard InChI is InChI=1S/C10H16N4O2/c1-3-14(7-10(15)16-4-2)9-6-5-8(11)12-13-9/h5-6H,3-4,7H2,1-2H3,(H2,11,12). The second-order valence-electron chi connectivity index (χ2n) is 3.14. The van der Waals surface area contributed by atoms with Crippen molar-refractivity contribution in [3.05, 3.63) is 12.1 Å². The van der Waals surface area contributed by atoms with E-state index in [9.17, 15) is 4.79 Å². The van der Waals surface area contributed by atoms with Crippen molar-refractivity contribution >= 4 is 17.6 Å². The summed E-state index contributed by atoms with van der Waals surface area (Å²) in [7, 11) is 0. The molecule has 2 N–H and O–H groups in total. The Hall–Kier alpha value is -1.85. The van der Waals surface area contributed by atoms with E-state index in [2.05, 4.69) is 10.2 Å². The molecule has 0 unspecified atom stereocenters. The second kappa shape index (κ2) is 5.89. The zero-order chi connectivity index (χ0) is 12.0. The Bertz CT molecular complexity index is 339. The molecule has 0 fully saturated rings. The molecule has 1 heterocycles. The minimum Gasteiger partial charge on any atom is -0.465 e. The number of nitrogens with zero attached hydrogens (tertiary/aromatic N) is 3. The Balaban J connectivity index is 2.67. The maximum absolute atomic E-state index is 11.3. The van der Waals surface area contributed by atoms with Gasteiger partial charge in [0.05, 0.1) is 6.61 Å². The SMILES string of the molecule is CCOC(=O)CN(CC)c1ccc(N)nn1.